The number of hydrogen-bond acceptors (Lipinski definition) is 6. The summed E-state index contributed by atoms with van der Waals surface area (Å²) in [5.41, 5.74) is 1.24. The van der Waals surface area contributed by atoms with Gasteiger partial charge in [-0.25, -0.2) is 0 Å². The Balaban J connectivity index is 2.45. The predicted molar refractivity (Wildman–Crippen MR) is 211 cm³/mol. The molecule has 0 unspecified atom stereocenters. The maximum absolute atomic E-state index is 14.1. The van der Waals surface area contributed by atoms with Crippen molar-refractivity contribution in [1.82, 2.24) is 0 Å². The van der Waals surface area contributed by atoms with Crippen LogP contribution in [-0.2, 0) is 9.05 Å². The van der Waals surface area contributed by atoms with Gasteiger partial charge in [0.2, 0.25) is 0 Å². The molecular formula is C38H64O4P2S2. The van der Waals surface area contributed by atoms with Gasteiger partial charge in [0.25, 0.3) is 0 Å². The predicted octanol–water partition coefficient (Wildman–Crippen LogP) is 13.0. The third-order valence-corrected chi connectivity index (χ3v) is 25.9. The molecule has 0 aliphatic carbocycles. The average molecular weight is 711 g/mol. The van der Waals surface area contributed by atoms with E-state index < -0.39 is 13.7 Å². The van der Waals surface area contributed by atoms with E-state index in [1.54, 1.807) is 0 Å². The van der Waals surface area contributed by atoms with Gasteiger partial charge in [-0.05, 0) is 0 Å². The summed E-state index contributed by atoms with van der Waals surface area (Å²) in [6.45, 7) is 12.4. The quantitative estimate of drug-likeness (QED) is 0.0845. The van der Waals surface area contributed by atoms with Crippen molar-refractivity contribution >= 4 is 47.2 Å². The first kappa shape index (κ1) is 41.1. The number of carbonyl (C=O) groups is 2. The summed E-state index contributed by atoms with van der Waals surface area (Å²) in [4.78, 5) is 30.0. The summed E-state index contributed by atoms with van der Waals surface area (Å²) in [5, 5.41) is 0. The van der Waals surface area contributed by atoms with Gasteiger partial charge in [-0.15, -0.1) is 0 Å². The van der Waals surface area contributed by atoms with Crippen LogP contribution in [0.15, 0.2) is 58.3 Å². The van der Waals surface area contributed by atoms with Crippen molar-refractivity contribution < 1.29 is 18.6 Å². The van der Waals surface area contributed by atoms with Gasteiger partial charge in [0.05, 0.1) is 0 Å². The molecule has 4 nitrogen and oxygen atoms in total. The van der Waals surface area contributed by atoms with E-state index in [0.29, 0.717) is 11.1 Å². The molecule has 0 spiro atoms. The van der Waals surface area contributed by atoms with Crippen LogP contribution >= 0.6 is 35.2 Å². The van der Waals surface area contributed by atoms with E-state index in [2.05, 4.69) is 55.4 Å². The Labute approximate surface area is 290 Å². The zero-order valence-electron chi connectivity index (χ0n) is 30.3. The third-order valence-electron chi connectivity index (χ3n) is 9.43. The van der Waals surface area contributed by atoms with Gasteiger partial charge < -0.3 is 0 Å². The number of rotatable bonds is 23. The summed E-state index contributed by atoms with van der Waals surface area (Å²) in [6.07, 6.45) is 16.3. The first-order valence-corrected chi connectivity index (χ1v) is 26.0. The Morgan fingerprint density at radius 1 is 0.457 bits per heavy atom. The van der Waals surface area contributed by atoms with Crippen LogP contribution in [0.2, 0.25) is 0 Å². The Morgan fingerprint density at radius 3 is 0.935 bits per heavy atom. The minimum atomic E-state index is -2.71. The molecule has 0 N–H and O–H groups in total. The molecule has 0 amide bonds. The molecule has 0 aliphatic rings. The van der Waals surface area contributed by atoms with Gasteiger partial charge in [-0.3, -0.25) is 0 Å². The topological polar surface area (TPSA) is 52.6 Å². The Morgan fingerprint density at radius 2 is 0.696 bits per heavy atom. The van der Waals surface area contributed by atoms with Crippen LogP contribution in [0.1, 0.15) is 127 Å². The van der Waals surface area contributed by atoms with E-state index >= 15 is 0 Å². The van der Waals surface area contributed by atoms with E-state index in [0.717, 1.165) is 110 Å². The monoisotopic (exact) mass is 710 g/mol. The standard InChI is InChI=1S/C38H64O4P2S2/c1-9-25-43(26-10-2,27-11-3,28-12-4)41-37(39)33-21-17-19-23-35(33)45-46-36-24-20-18-22-34(36)38(40)42-44(29-13-5,30-14-6,31-15-7)32-16-8/h17-24H,9-16,25-32H2,1-8H3. The van der Waals surface area contributed by atoms with Crippen LogP contribution in [0, 0.1) is 0 Å². The van der Waals surface area contributed by atoms with Crippen molar-refractivity contribution in [2.75, 3.05) is 49.3 Å². The van der Waals surface area contributed by atoms with Crippen molar-refractivity contribution in [3.63, 3.8) is 0 Å². The molecule has 0 atom stereocenters. The molecule has 0 aromatic heterocycles. The van der Waals surface area contributed by atoms with E-state index in [1.807, 2.05) is 48.5 Å². The minimum absolute atomic E-state index is 0.187. The van der Waals surface area contributed by atoms with E-state index in [-0.39, 0.29) is 11.9 Å². The van der Waals surface area contributed by atoms with Crippen LogP contribution < -0.4 is 0 Å². The van der Waals surface area contributed by atoms with Crippen molar-refractivity contribution in [1.29, 1.82) is 0 Å². The van der Waals surface area contributed by atoms with Gasteiger partial charge in [-0.2, -0.15) is 0 Å². The van der Waals surface area contributed by atoms with Gasteiger partial charge >= 0.3 is 291 Å². The average Bonchev–Trinajstić information content (AvgIpc) is 3.01. The van der Waals surface area contributed by atoms with Crippen molar-refractivity contribution in [3.8, 4) is 0 Å². The van der Waals surface area contributed by atoms with E-state index in [9.17, 15) is 9.59 Å². The van der Waals surface area contributed by atoms with Crippen LogP contribution in [0.25, 0.3) is 0 Å². The molecule has 2 aromatic carbocycles. The second-order valence-corrected chi connectivity index (χ2v) is 27.0. The molecule has 0 radical (unpaired) electrons. The fourth-order valence-corrected chi connectivity index (χ4v) is 24.2. The molecule has 0 heterocycles. The molecule has 0 fully saturated rings. The summed E-state index contributed by atoms with van der Waals surface area (Å²) < 4.78 is 13.8. The Bertz CT molecular complexity index is 1080. The van der Waals surface area contributed by atoms with Crippen LogP contribution in [0.4, 0.5) is 0 Å². The molecule has 0 saturated carbocycles. The van der Waals surface area contributed by atoms with E-state index in [4.69, 9.17) is 9.05 Å². The summed E-state index contributed by atoms with van der Waals surface area (Å²) in [6, 6.07) is 15.6. The van der Waals surface area contributed by atoms with Gasteiger partial charge in [0.1, 0.15) is 0 Å². The first-order chi connectivity index (χ1) is 22.1. The Kier molecular flexibility index (Phi) is 17.2. The van der Waals surface area contributed by atoms with Crippen molar-refractivity contribution in [2.45, 2.75) is 117 Å². The van der Waals surface area contributed by atoms with E-state index in [1.165, 1.54) is 21.6 Å². The molecule has 8 heteroatoms. The molecule has 2 aromatic rings. The van der Waals surface area contributed by atoms with Gasteiger partial charge in [0.15, 0.2) is 0 Å². The van der Waals surface area contributed by atoms with Crippen LogP contribution in [0.3, 0.4) is 0 Å². The Hall–Kier alpha value is -1.06. The fourth-order valence-electron chi connectivity index (χ4n) is 8.30. The van der Waals surface area contributed by atoms with Crippen molar-refractivity contribution in [2.24, 2.45) is 0 Å². The fraction of sp³-hybridized carbons (Fsp3) is 0.632. The van der Waals surface area contributed by atoms with Crippen molar-refractivity contribution in [3.05, 3.63) is 59.7 Å². The number of hydrogen-bond donors (Lipinski definition) is 0. The zero-order chi connectivity index (χ0) is 34.2. The molecule has 0 saturated heterocycles. The van der Waals surface area contributed by atoms with Gasteiger partial charge in [-0.1, -0.05) is 0 Å². The number of carbonyl (C=O) groups excluding carboxylic acids is 2. The van der Waals surface area contributed by atoms with Crippen LogP contribution in [0.5, 0.6) is 0 Å². The summed E-state index contributed by atoms with van der Waals surface area (Å²) in [5.74, 6) is -0.373. The number of benzene rings is 2. The molecule has 262 valence electrons. The molecule has 0 bridgehead atoms. The molecular weight excluding hydrogens is 646 g/mol. The molecule has 0 aliphatic heterocycles. The normalized spacial score (nSPS) is 13.7. The van der Waals surface area contributed by atoms with Crippen LogP contribution in [-0.4, -0.2) is 61.2 Å². The molecule has 46 heavy (non-hydrogen) atoms. The summed E-state index contributed by atoms with van der Waals surface area (Å²) >= 11 is 0. The second-order valence-electron chi connectivity index (χ2n) is 13.4. The third kappa shape index (κ3) is 10.2. The maximum atomic E-state index is 14.1. The SMILES string of the molecule is CCCP(CCC)(CCC)(CCC)OC(=O)c1ccccc1SSc1ccccc1C(=O)OP(CCC)(CCC)(CCC)CCC. The molecule has 2 rings (SSSR count). The second kappa shape index (κ2) is 19.2. The van der Waals surface area contributed by atoms with Gasteiger partial charge in [0, 0.05) is 0 Å². The summed E-state index contributed by atoms with van der Waals surface area (Å²) in [7, 11) is 3.06. The zero-order valence-corrected chi connectivity index (χ0v) is 33.7. The first-order valence-electron chi connectivity index (χ1n) is 18.1.